The van der Waals surface area contributed by atoms with Crippen LogP contribution in [0.3, 0.4) is 0 Å². The lowest BCUT2D eigenvalue weighted by atomic mass is 10.2. The molecular formula is C15H20N4O. The van der Waals surface area contributed by atoms with Gasteiger partial charge in [0, 0.05) is 24.3 Å². The van der Waals surface area contributed by atoms with Crippen molar-refractivity contribution < 1.29 is 4.74 Å². The van der Waals surface area contributed by atoms with Gasteiger partial charge in [-0.2, -0.15) is 0 Å². The molecule has 3 N–H and O–H groups in total. The maximum Gasteiger partial charge on any atom is 0.191 e. The number of ether oxygens (including phenoxy) is 1. The number of aromatic nitrogens is 1. The van der Waals surface area contributed by atoms with E-state index >= 15 is 0 Å². The van der Waals surface area contributed by atoms with E-state index in [2.05, 4.69) is 40.0 Å². The van der Waals surface area contributed by atoms with E-state index in [0.717, 1.165) is 24.3 Å². The first kappa shape index (κ1) is 13.0. The van der Waals surface area contributed by atoms with Gasteiger partial charge in [0.15, 0.2) is 5.96 Å². The van der Waals surface area contributed by atoms with Gasteiger partial charge in [-0.05, 0) is 24.4 Å². The van der Waals surface area contributed by atoms with E-state index in [-0.39, 0.29) is 6.10 Å². The van der Waals surface area contributed by atoms with Crippen LogP contribution in [0.15, 0.2) is 35.3 Å². The Morgan fingerprint density at radius 3 is 3.15 bits per heavy atom. The molecule has 5 nitrogen and oxygen atoms in total. The normalized spacial score (nSPS) is 20.6. The number of H-pyrrole nitrogens is 1. The quantitative estimate of drug-likeness (QED) is 0.646. The number of aliphatic imine (C=N–C) groups is 1. The van der Waals surface area contributed by atoms with Crippen molar-refractivity contribution in [1.82, 2.24) is 9.88 Å². The highest BCUT2D eigenvalue weighted by Gasteiger charge is 2.17. The third kappa shape index (κ3) is 2.77. The summed E-state index contributed by atoms with van der Waals surface area (Å²) in [4.78, 5) is 9.92. The topological polar surface area (TPSA) is 66.6 Å². The van der Waals surface area contributed by atoms with E-state index in [1.54, 1.807) is 0 Å². The lowest BCUT2D eigenvalue weighted by molar-refractivity contribution is 0.00528. The number of aromatic amines is 1. The number of fused-ring (bicyclic) bond motifs is 1. The molecule has 3 rings (SSSR count). The molecule has 1 saturated heterocycles. The first-order valence-corrected chi connectivity index (χ1v) is 6.95. The molecule has 2 aromatic rings. The minimum atomic E-state index is 0.213. The van der Waals surface area contributed by atoms with Gasteiger partial charge in [-0.25, -0.2) is 4.99 Å². The zero-order chi connectivity index (χ0) is 13.9. The number of hydrogen-bond donors (Lipinski definition) is 2. The zero-order valence-corrected chi connectivity index (χ0v) is 11.7. The molecule has 1 unspecified atom stereocenters. The van der Waals surface area contributed by atoms with Crippen molar-refractivity contribution in [3.63, 3.8) is 0 Å². The highest BCUT2D eigenvalue weighted by Crippen LogP contribution is 2.15. The highest BCUT2D eigenvalue weighted by atomic mass is 16.5. The maximum atomic E-state index is 6.06. The molecular weight excluding hydrogens is 252 g/mol. The lowest BCUT2D eigenvalue weighted by Gasteiger charge is -2.31. The van der Waals surface area contributed by atoms with Crippen molar-refractivity contribution >= 4 is 16.9 Å². The SMILES string of the molecule is CC1CN(C(N)=NCc2cc3ccccc3[nH]2)CCO1. The fourth-order valence-electron chi connectivity index (χ4n) is 2.51. The molecule has 1 atom stereocenters. The van der Waals surface area contributed by atoms with Gasteiger partial charge >= 0.3 is 0 Å². The Morgan fingerprint density at radius 1 is 1.50 bits per heavy atom. The van der Waals surface area contributed by atoms with Gasteiger partial charge < -0.3 is 20.4 Å². The molecule has 0 spiro atoms. The first-order valence-electron chi connectivity index (χ1n) is 6.95. The summed E-state index contributed by atoms with van der Waals surface area (Å²) < 4.78 is 5.50. The molecule has 20 heavy (non-hydrogen) atoms. The average molecular weight is 272 g/mol. The van der Waals surface area contributed by atoms with Gasteiger partial charge in [0.2, 0.25) is 0 Å². The fraction of sp³-hybridized carbons (Fsp3) is 0.400. The number of rotatable bonds is 2. The van der Waals surface area contributed by atoms with Gasteiger partial charge in [0.1, 0.15) is 0 Å². The molecule has 0 amide bonds. The third-order valence-corrected chi connectivity index (χ3v) is 3.56. The summed E-state index contributed by atoms with van der Waals surface area (Å²) in [5.74, 6) is 0.596. The summed E-state index contributed by atoms with van der Waals surface area (Å²) in [6, 6.07) is 10.3. The standard InChI is InChI=1S/C15H20N4O/c1-11-10-19(6-7-20-11)15(16)17-9-13-8-12-4-2-3-5-14(12)18-13/h2-5,8,11,18H,6-7,9-10H2,1H3,(H2,16,17). The molecule has 0 radical (unpaired) electrons. The predicted molar refractivity (Wildman–Crippen MR) is 80.6 cm³/mol. The number of benzene rings is 1. The Labute approximate surface area is 118 Å². The lowest BCUT2D eigenvalue weighted by Crippen LogP contribution is -2.47. The summed E-state index contributed by atoms with van der Waals surface area (Å²) in [5, 5.41) is 1.20. The van der Waals surface area contributed by atoms with Crippen LogP contribution in [0.4, 0.5) is 0 Å². The Morgan fingerprint density at radius 2 is 2.35 bits per heavy atom. The molecule has 2 heterocycles. The molecule has 0 aliphatic carbocycles. The molecule has 1 aromatic carbocycles. The minimum Gasteiger partial charge on any atom is -0.375 e. The van der Waals surface area contributed by atoms with E-state index < -0.39 is 0 Å². The van der Waals surface area contributed by atoms with E-state index in [0.29, 0.717) is 19.1 Å². The van der Waals surface area contributed by atoms with Crippen LogP contribution < -0.4 is 5.73 Å². The molecule has 1 fully saturated rings. The van der Waals surface area contributed by atoms with Crippen LogP contribution in [0.1, 0.15) is 12.6 Å². The van der Waals surface area contributed by atoms with Gasteiger partial charge in [-0.15, -0.1) is 0 Å². The predicted octanol–water partition coefficient (Wildman–Crippen LogP) is 1.70. The van der Waals surface area contributed by atoms with Crippen molar-refractivity contribution in [2.75, 3.05) is 19.7 Å². The molecule has 5 heteroatoms. The Bertz CT molecular complexity index is 586. The van der Waals surface area contributed by atoms with E-state index in [1.807, 2.05) is 12.1 Å². The van der Waals surface area contributed by atoms with Crippen molar-refractivity contribution in [3.05, 3.63) is 36.0 Å². The number of morpholine rings is 1. The largest absolute Gasteiger partial charge is 0.375 e. The second kappa shape index (κ2) is 5.54. The van der Waals surface area contributed by atoms with Crippen LogP contribution in [0.5, 0.6) is 0 Å². The van der Waals surface area contributed by atoms with Gasteiger partial charge in [0.25, 0.3) is 0 Å². The highest BCUT2D eigenvalue weighted by molar-refractivity contribution is 5.81. The second-order valence-corrected chi connectivity index (χ2v) is 5.18. The van der Waals surface area contributed by atoms with E-state index in [9.17, 15) is 0 Å². The molecule has 1 aromatic heterocycles. The number of guanidine groups is 1. The Kier molecular flexibility index (Phi) is 3.60. The molecule has 0 bridgehead atoms. The maximum absolute atomic E-state index is 6.06. The number of nitrogens with one attached hydrogen (secondary N) is 1. The number of hydrogen-bond acceptors (Lipinski definition) is 2. The van der Waals surface area contributed by atoms with Crippen LogP contribution in [0.25, 0.3) is 10.9 Å². The number of nitrogens with two attached hydrogens (primary N) is 1. The monoisotopic (exact) mass is 272 g/mol. The Balaban J connectivity index is 1.69. The fourth-order valence-corrected chi connectivity index (χ4v) is 2.51. The Hall–Kier alpha value is -2.01. The van der Waals surface area contributed by atoms with Crippen LogP contribution in [0.2, 0.25) is 0 Å². The molecule has 1 aliphatic rings. The average Bonchev–Trinajstić information content (AvgIpc) is 2.87. The summed E-state index contributed by atoms with van der Waals surface area (Å²) in [6.45, 7) is 4.96. The van der Waals surface area contributed by atoms with E-state index in [4.69, 9.17) is 10.5 Å². The summed E-state index contributed by atoms with van der Waals surface area (Å²) in [7, 11) is 0. The van der Waals surface area contributed by atoms with Gasteiger partial charge in [-0.1, -0.05) is 18.2 Å². The summed E-state index contributed by atoms with van der Waals surface area (Å²) in [5.41, 5.74) is 8.27. The first-order chi connectivity index (χ1) is 9.72. The van der Waals surface area contributed by atoms with Gasteiger partial charge in [0.05, 0.1) is 19.3 Å². The number of para-hydroxylation sites is 1. The summed E-state index contributed by atoms with van der Waals surface area (Å²) >= 11 is 0. The second-order valence-electron chi connectivity index (χ2n) is 5.18. The van der Waals surface area contributed by atoms with Crippen LogP contribution >= 0.6 is 0 Å². The third-order valence-electron chi connectivity index (χ3n) is 3.56. The summed E-state index contributed by atoms with van der Waals surface area (Å²) in [6.07, 6.45) is 0.213. The van der Waals surface area contributed by atoms with E-state index in [1.165, 1.54) is 5.39 Å². The molecule has 0 saturated carbocycles. The van der Waals surface area contributed by atoms with Gasteiger partial charge in [-0.3, -0.25) is 0 Å². The molecule has 1 aliphatic heterocycles. The van der Waals surface area contributed by atoms with Crippen molar-refractivity contribution in [2.24, 2.45) is 10.7 Å². The van der Waals surface area contributed by atoms with Crippen LogP contribution in [-0.2, 0) is 11.3 Å². The number of nitrogens with zero attached hydrogens (tertiary/aromatic N) is 2. The minimum absolute atomic E-state index is 0.213. The molecule has 106 valence electrons. The zero-order valence-electron chi connectivity index (χ0n) is 11.7. The van der Waals surface area contributed by atoms with Crippen molar-refractivity contribution in [3.8, 4) is 0 Å². The van der Waals surface area contributed by atoms with Crippen molar-refractivity contribution in [1.29, 1.82) is 0 Å². The van der Waals surface area contributed by atoms with Crippen LogP contribution in [0, 0.1) is 0 Å². The smallest absolute Gasteiger partial charge is 0.191 e. The van der Waals surface area contributed by atoms with Crippen molar-refractivity contribution in [2.45, 2.75) is 19.6 Å². The van der Waals surface area contributed by atoms with Crippen LogP contribution in [-0.4, -0.2) is 41.6 Å².